The number of hydrogen-bond donors (Lipinski definition) is 1. The van der Waals surface area contributed by atoms with Crippen LogP contribution < -0.4 is 5.56 Å². The predicted octanol–water partition coefficient (Wildman–Crippen LogP) is 3.16. The molecular weight excluding hydrogens is 244 g/mol. The number of rotatable bonds is 2. The van der Waals surface area contributed by atoms with E-state index >= 15 is 0 Å². The molecule has 0 radical (unpaired) electrons. The Kier molecular flexibility index (Phi) is 2.78. The molecule has 0 aliphatic rings. The zero-order valence-corrected chi connectivity index (χ0v) is 10.3. The molecule has 0 aliphatic carbocycles. The van der Waals surface area contributed by atoms with Crippen molar-refractivity contribution in [2.75, 3.05) is 0 Å². The molecule has 0 saturated heterocycles. The molecule has 0 unspecified atom stereocenters. The average molecular weight is 254 g/mol. The highest BCUT2D eigenvalue weighted by Crippen LogP contribution is 2.10. The van der Waals surface area contributed by atoms with Gasteiger partial charge < -0.3 is 4.98 Å². The van der Waals surface area contributed by atoms with E-state index in [1.807, 2.05) is 47.2 Å². The Balaban J connectivity index is 2.06. The van der Waals surface area contributed by atoms with E-state index in [9.17, 15) is 4.79 Å². The van der Waals surface area contributed by atoms with E-state index in [2.05, 4.69) is 9.97 Å². The second kappa shape index (κ2) is 4.58. The predicted molar refractivity (Wildman–Crippen MR) is 75.6 cm³/mol. The van der Waals surface area contributed by atoms with Crippen LogP contribution in [0.5, 0.6) is 0 Å². The largest absolute Gasteiger partial charge is 0.306 e. The number of thiophene rings is 1. The lowest BCUT2D eigenvalue weighted by molar-refractivity contribution is 1.14. The fourth-order valence-electron chi connectivity index (χ4n) is 1.73. The van der Waals surface area contributed by atoms with E-state index < -0.39 is 0 Å². The molecule has 18 heavy (non-hydrogen) atoms. The molecule has 1 aromatic carbocycles. The van der Waals surface area contributed by atoms with Gasteiger partial charge in [0.25, 0.3) is 5.56 Å². The van der Waals surface area contributed by atoms with Crippen LogP contribution in [0.2, 0.25) is 0 Å². The Labute approximate surface area is 107 Å². The van der Waals surface area contributed by atoms with Gasteiger partial charge in [-0.1, -0.05) is 18.2 Å². The summed E-state index contributed by atoms with van der Waals surface area (Å²) in [4.78, 5) is 19.0. The van der Waals surface area contributed by atoms with Gasteiger partial charge in [-0.25, -0.2) is 4.98 Å². The molecule has 0 amide bonds. The minimum Gasteiger partial charge on any atom is -0.306 e. The molecule has 3 aromatic rings. The summed E-state index contributed by atoms with van der Waals surface area (Å²) in [5.74, 6) is 0.574. The monoisotopic (exact) mass is 254 g/mol. The molecule has 3 nitrogen and oxygen atoms in total. The second-order valence-corrected chi connectivity index (χ2v) is 4.64. The van der Waals surface area contributed by atoms with Crippen molar-refractivity contribution in [1.29, 1.82) is 0 Å². The first kappa shape index (κ1) is 10.9. The van der Waals surface area contributed by atoms with Gasteiger partial charge in [0, 0.05) is 0 Å². The van der Waals surface area contributed by atoms with Gasteiger partial charge in [0.15, 0.2) is 0 Å². The third-order valence-electron chi connectivity index (χ3n) is 2.61. The Morgan fingerprint density at radius 2 is 2.06 bits per heavy atom. The topological polar surface area (TPSA) is 45.8 Å². The molecule has 1 N–H and O–H groups in total. The van der Waals surface area contributed by atoms with Crippen molar-refractivity contribution in [2.24, 2.45) is 0 Å². The van der Waals surface area contributed by atoms with Gasteiger partial charge in [-0.3, -0.25) is 4.79 Å². The van der Waals surface area contributed by atoms with Crippen LogP contribution in [0.25, 0.3) is 23.1 Å². The van der Waals surface area contributed by atoms with Crippen LogP contribution in [0.15, 0.2) is 45.9 Å². The Bertz CT molecular complexity index is 757. The summed E-state index contributed by atoms with van der Waals surface area (Å²) in [7, 11) is 0. The number of benzene rings is 1. The Hall–Kier alpha value is -2.20. The number of para-hydroxylation sites is 1. The number of nitrogens with zero attached hydrogens (tertiary/aromatic N) is 1. The SMILES string of the molecule is O=c1[nH]c(C=Cc2ccsc2)nc2ccccc12. The standard InChI is InChI=1S/C14H10N2OS/c17-14-11-3-1-2-4-12(11)15-13(16-14)6-5-10-7-8-18-9-10/h1-9H,(H,15,16,17). The lowest BCUT2D eigenvalue weighted by Crippen LogP contribution is -2.09. The normalized spacial score (nSPS) is 11.3. The fourth-order valence-corrected chi connectivity index (χ4v) is 2.36. The smallest absolute Gasteiger partial charge is 0.259 e. The molecule has 0 aliphatic heterocycles. The average Bonchev–Trinajstić information content (AvgIpc) is 2.90. The molecule has 4 heteroatoms. The van der Waals surface area contributed by atoms with Gasteiger partial charge in [-0.05, 0) is 40.6 Å². The van der Waals surface area contributed by atoms with Crippen molar-refractivity contribution >= 4 is 34.4 Å². The molecule has 88 valence electrons. The third kappa shape index (κ3) is 2.10. The van der Waals surface area contributed by atoms with Gasteiger partial charge in [0.05, 0.1) is 10.9 Å². The number of hydrogen-bond acceptors (Lipinski definition) is 3. The van der Waals surface area contributed by atoms with Crippen LogP contribution >= 0.6 is 11.3 Å². The second-order valence-electron chi connectivity index (χ2n) is 3.86. The quantitative estimate of drug-likeness (QED) is 0.763. The minimum atomic E-state index is -0.106. The number of H-pyrrole nitrogens is 1. The molecule has 2 heterocycles. The highest BCUT2D eigenvalue weighted by atomic mass is 32.1. The lowest BCUT2D eigenvalue weighted by Gasteiger charge is -1.97. The van der Waals surface area contributed by atoms with E-state index in [1.165, 1.54) is 0 Å². The number of aromatic amines is 1. The fraction of sp³-hybridized carbons (Fsp3) is 0. The van der Waals surface area contributed by atoms with Crippen molar-refractivity contribution in [3.63, 3.8) is 0 Å². The first-order chi connectivity index (χ1) is 8.83. The number of fused-ring (bicyclic) bond motifs is 1. The van der Waals surface area contributed by atoms with Gasteiger partial charge in [0.2, 0.25) is 0 Å². The van der Waals surface area contributed by atoms with E-state index in [1.54, 1.807) is 17.4 Å². The van der Waals surface area contributed by atoms with Crippen LogP contribution in [-0.4, -0.2) is 9.97 Å². The van der Waals surface area contributed by atoms with Crippen LogP contribution in [0.1, 0.15) is 11.4 Å². The summed E-state index contributed by atoms with van der Waals surface area (Å²) in [6, 6.07) is 9.33. The van der Waals surface area contributed by atoms with Gasteiger partial charge in [0.1, 0.15) is 5.82 Å². The van der Waals surface area contributed by atoms with E-state index in [4.69, 9.17) is 0 Å². The molecule has 0 spiro atoms. The molecule has 2 aromatic heterocycles. The molecule has 3 rings (SSSR count). The van der Waals surface area contributed by atoms with Crippen LogP contribution in [0.3, 0.4) is 0 Å². The summed E-state index contributed by atoms with van der Waals surface area (Å²) < 4.78 is 0. The van der Waals surface area contributed by atoms with Gasteiger partial charge in [-0.15, -0.1) is 0 Å². The van der Waals surface area contributed by atoms with Crippen molar-refractivity contribution < 1.29 is 0 Å². The highest BCUT2D eigenvalue weighted by Gasteiger charge is 2.00. The summed E-state index contributed by atoms with van der Waals surface area (Å²) in [6.07, 6.45) is 3.75. The summed E-state index contributed by atoms with van der Waals surface area (Å²) >= 11 is 1.64. The van der Waals surface area contributed by atoms with E-state index in [0.717, 1.165) is 5.56 Å². The number of nitrogens with one attached hydrogen (secondary N) is 1. The molecule has 0 atom stereocenters. The third-order valence-corrected chi connectivity index (χ3v) is 3.31. The van der Waals surface area contributed by atoms with Crippen molar-refractivity contribution in [1.82, 2.24) is 9.97 Å². The maximum Gasteiger partial charge on any atom is 0.259 e. The Morgan fingerprint density at radius 3 is 2.89 bits per heavy atom. The highest BCUT2D eigenvalue weighted by molar-refractivity contribution is 7.08. The summed E-state index contributed by atoms with van der Waals surface area (Å²) in [6.45, 7) is 0. The van der Waals surface area contributed by atoms with E-state index in [0.29, 0.717) is 16.7 Å². The molecular formula is C14H10N2OS. The maximum absolute atomic E-state index is 11.8. The van der Waals surface area contributed by atoms with Gasteiger partial charge in [-0.2, -0.15) is 11.3 Å². The van der Waals surface area contributed by atoms with E-state index in [-0.39, 0.29) is 5.56 Å². The first-order valence-electron chi connectivity index (χ1n) is 5.52. The maximum atomic E-state index is 11.8. The molecule has 0 fully saturated rings. The van der Waals surface area contributed by atoms with Crippen LogP contribution in [-0.2, 0) is 0 Å². The number of aromatic nitrogens is 2. The molecule has 0 bridgehead atoms. The van der Waals surface area contributed by atoms with Gasteiger partial charge >= 0.3 is 0 Å². The Morgan fingerprint density at radius 1 is 1.17 bits per heavy atom. The first-order valence-corrected chi connectivity index (χ1v) is 6.46. The lowest BCUT2D eigenvalue weighted by atomic mass is 10.2. The van der Waals surface area contributed by atoms with Crippen molar-refractivity contribution in [3.8, 4) is 0 Å². The van der Waals surface area contributed by atoms with Crippen molar-refractivity contribution in [3.05, 3.63) is 62.8 Å². The van der Waals surface area contributed by atoms with Crippen LogP contribution in [0.4, 0.5) is 0 Å². The van der Waals surface area contributed by atoms with Crippen molar-refractivity contribution in [2.45, 2.75) is 0 Å². The zero-order chi connectivity index (χ0) is 12.4. The zero-order valence-electron chi connectivity index (χ0n) is 9.46. The molecule has 0 saturated carbocycles. The minimum absolute atomic E-state index is 0.106. The van der Waals surface area contributed by atoms with Crippen LogP contribution in [0, 0.1) is 0 Å². The summed E-state index contributed by atoms with van der Waals surface area (Å²) in [5.41, 5.74) is 1.72. The summed E-state index contributed by atoms with van der Waals surface area (Å²) in [5, 5.41) is 4.66.